The molecule has 124 valence electrons. The van der Waals surface area contributed by atoms with Crippen molar-refractivity contribution in [2.24, 2.45) is 0 Å². The molecule has 1 N–H and O–H groups in total. The summed E-state index contributed by atoms with van der Waals surface area (Å²) < 4.78 is 5.26. The van der Waals surface area contributed by atoms with E-state index in [1.165, 1.54) is 0 Å². The van der Waals surface area contributed by atoms with Gasteiger partial charge in [0.05, 0.1) is 24.2 Å². The van der Waals surface area contributed by atoms with Gasteiger partial charge in [-0.1, -0.05) is 30.3 Å². The number of pyridine rings is 1. The lowest BCUT2D eigenvalue weighted by molar-refractivity contribution is 0.245. The molecular weight excluding hydrogens is 300 g/mol. The second-order valence-electron chi connectivity index (χ2n) is 5.85. The maximum Gasteiger partial charge on any atom is 0.122 e. The Bertz CT molecular complexity index is 785. The van der Waals surface area contributed by atoms with Gasteiger partial charge in [-0.05, 0) is 26.1 Å². The third-order valence-electron chi connectivity index (χ3n) is 4.21. The Labute approximate surface area is 142 Å². The average Bonchev–Trinajstić information content (AvgIpc) is 3.12. The SMILES string of the molecule is COc1ccnc(CN(C)C(C)c2cc(-c3ccccc3)n[nH]2)c1. The number of hydrogen-bond acceptors (Lipinski definition) is 4. The van der Waals surface area contributed by atoms with Crippen LogP contribution in [-0.4, -0.2) is 34.2 Å². The van der Waals surface area contributed by atoms with Crippen LogP contribution in [0.3, 0.4) is 0 Å². The zero-order valence-corrected chi connectivity index (χ0v) is 14.2. The van der Waals surface area contributed by atoms with Crippen LogP contribution in [0.1, 0.15) is 24.4 Å². The minimum Gasteiger partial charge on any atom is -0.497 e. The third kappa shape index (κ3) is 3.63. The van der Waals surface area contributed by atoms with Crippen LogP contribution in [0.4, 0.5) is 0 Å². The third-order valence-corrected chi connectivity index (χ3v) is 4.21. The summed E-state index contributed by atoms with van der Waals surface area (Å²) in [4.78, 5) is 6.63. The van der Waals surface area contributed by atoms with Gasteiger partial charge >= 0.3 is 0 Å². The fraction of sp³-hybridized carbons (Fsp3) is 0.263. The Hall–Kier alpha value is -2.66. The Morgan fingerprint density at radius 3 is 2.71 bits per heavy atom. The van der Waals surface area contributed by atoms with Gasteiger partial charge in [0, 0.05) is 30.4 Å². The number of nitrogens with zero attached hydrogens (tertiary/aromatic N) is 3. The molecular formula is C19H22N4O. The van der Waals surface area contributed by atoms with E-state index in [4.69, 9.17) is 4.74 Å². The van der Waals surface area contributed by atoms with Gasteiger partial charge < -0.3 is 4.74 Å². The van der Waals surface area contributed by atoms with Crippen LogP contribution < -0.4 is 4.74 Å². The van der Waals surface area contributed by atoms with Crippen molar-refractivity contribution < 1.29 is 4.74 Å². The Balaban J connectivity index is 1.71. The maximum atomic E-state index is 5.26. The number of hydrogen-bond donors (Lipinski definition) is 1. The highest BCUT2D eigenvalue weighted by Crippen LogP contribution is 2.24. The fourth-order valence-electron chi connectivity index (χ4n) is 2.61. The van der Waals surface area contributed by atoms with Crippen molar-refractivity contribution in [3.05, 3.63) is 66.1 Å². The quantitative estimate of drug-likeness (QED) is 0.752. The number of nitrogens with one attached hydrogen (secondary N) is 1. The number of ether oxygens (including phenoxy) is 1. The second kappa shape index (κ2) is 7.27. The molecule has 0 spiro atoms. The summed E-state index contributed by atoms with van der Waals surface area (Å²) in [7, 11) is 3.75. The van der Waals surface area contributed by atoms with E-state index in [9.17, 15) is 0 Å². The normalized spacial score (nSPS) is 12.3. The molecule has 5 nitrogen and oxygen atoms in total. The molecule has 5 heteroatoms. The summed E-state index contributed by atoms with van der Waals surface area (Å²) in [5, 5.41) is 7.59. The van der Waals surface area contributed by atoms with Crippen LogP contribution in [0.5, 0.6) is 5.75 Å². The van der Waals surface area contributed by atoms with Gasteiger partial charge in [0.1, 0.15) is 5.75 Å². The molecule has 0 saturated heterocycles. The zero-order chi connectivity index (χ0) is 16.9. The van der Waals surface area contributed by atoms with Crippen molar-refractivity contribution in [2.45, 2.75) is 19.5 Å². The molecule has 0 aliphatic rings. The molecule has 0 amide bonds. The summed E-state index contributed by atoms with van der Waals surface area (Å²) in [6.07, 6.45) is 1.77. The van der Waals surface area contributed by atoms with Gasteiger partial charge in [0.25, 0.3) is 0 Å². The average molecular weight is 322 g/mol. The van der Waals surface area contributed by atoms with Crippen LogP contribution >= 0.6 is 0 Å². The van der Waals surface area contributed by atoms with Crippen LogP contribution in [0.15, 0.2) is 54.7 Å². The summed E-state index contributed by atoms with van der Waals surface area (Å²) in [6, 6.07) is 16.3. The topological polar surface area (TPSA) is 54.0 Å². The van der Waals surface area contributed by atoms with Crippen LogP contribution in [0.2, 0.25) is 0 Å². The fourth-order valence-corrected chi connectivity index (χ4v) is 2.61. The standard InChI is InChI=1S/C19H22N4O/c1-14(23(2)13-16-11-17(24-3)9-10-20-16)18-12-19(22-21-18)15-7-5-4-6-8-15/h4-12,14H,13H2,1-3H3,(H,21,22). The molecule has 0 radical (unpaired) electrons. The van der Waals surface area contributed by atoms with Crippen LogP contribution in [0.25, 0.3) is 11.3 Å². The monoisotopic (exact) mass is 322 g/mol. The van der Waals surface area contributed by atoms with E-state index in [2.05, 4.69) is 52.3 Å². The molecule has 0 bridgehead atoms. The van der Waals surface area contributed by atoms with E-state index in [1.54, 1.807) is 13.3 Å². The van der Waals surface area contributed by atoms with Gasteiger partial charge in [-0.2, -0.15) is 5.10 Å². The molecule has 3 aromatic rings. The number of rotatable bonds is 6. The summed E-state index contributed by atoms with van der Waals surface area (Å²) in [6.45, 7) is 2.89. The largest absolute Gasteiger partial charge is 0.497 e. The van der Waals surface area contributed by atoms with Gasteiger partial charge in [-0.15, -0.1) is 0 Å². The molecule has 24 heavy (non-hydrogen) atoms. The molecule has 0 aliphatic carbocycles. The molecule has 1 unspecified atom stereocenters. The van der Waals surface area contributed by atoms with Crippen molar-refractivity contribution >= 4 is 0 Å². The highest BCUT2D eigenvalue weighted by atomic mass is 16.5. The summed E-state index contributed by atoms with van der Waals surface area (Å²) in [5.41, 5.74) is 4.14. The zero-order valence-electron chi connectivity index (χ0n) is 14.2. The Kier molecular flexibility index (Phi) is 4.91. The van der Waals surface area contributed by atoms with Crippen molar-refractivity contribution in [1.82, 2.24) is 20.1 Å². The first-order chi connectivity index (χ1) is 11.7. The van der Waals surface area contributed by atoms with Crippen molar-refractivity contribution in [2.75, 3.05) is 14.2 Å². The van der Waals surface area contributed by atoms with E-state index in [0.717, 1.165) is 34.9 Å². The lowest BCUT2D eigenvalue weighted by Crippen LogP contribution is -2.22. The number of methoxy groups -OCH3 is 1. The molecule has 1 aromatic carbocycles. The first kappa shape index (κ1) is 16.2. The Morgan fingerprint density at radius 1 is 1.17 bits per heavy atom. The van der Waals surface area contributed by atoms with E-state index in [0.29, 0.717) is 0 Å². The molecule has 0 aliphatic heterocycles. The van der Waals surface area contributed by atoms with E-state index in [-0.39, 0.29) is 6.04 Å². The molecule has 3 rings (SSSR count). The van der Waals surface area contributed by atoms with E-state index >= 15 is 0 Å². The molecule has 2 aromatic heterocycles. The molecule has 0 fully saturated rings. The first-order valence-corrected chi connectivity index (χ1v) is 7.97. The predicted octanol–water partition coefficient (Wildman–Crippen LogP) is 3.67. The van der Waals surface area contributed by atoms with Gasteiger partial charge in [-0.25, -0.2) is 0 Å². The van der Waals surface area contributed by atoms with Crippen molar-refractivity contribution in [1.29, 1.82) is 0 Å². The number of benzene rings is 1. The minimum atomic E-state index is 0.197. The number of H-pyrrole nitrogens is 1. The predicted molar refractivity (Wildman–Crippen MR) is 94.7 cm³/mol. The smallest absolute Gasteiger partial charge is 0.122 e. The highest BCUT2D eigenvalue weighted by Gasteiger charge is 2.16. The second-order valence-corrected chi connectivity index (χ2v) is 5.85. The number of aromatic nitrogens is 3. The van der Waals surface area contributed by atoms with Crippen molar-refractivity contribution in [3.8, 4) is 17.0 Å². The maximum absolute atomic E-state index is 5.26. The van der Waals surface area contributed by atoms with Crippen molar-refractivity contribution in [3.63, 3.8) is 0 Å². The van der Waals surface area contributed by atoms with Gasteiger partial charge in [0.15, 0.2) is 0 Å². The van der Waals surface area contributed by atoms with Crippen LogP contribution in [-0.2, 0) is 6.54 Å². The molecule has 1 atom stereocenters. The van der Waals surface area contributed by atoms with Crippen LogP contribution in [0, 0.1) is 0 Å². The number of aromatic amines is 1. The summed E-state index contributed by atoms with van der Waals surface area (Å²) in [5.74, 6) is 0.828. The Morgan fingerprint density at radius 2 is 1.96 bits per heavy atom. The minimum absolute atomic E-state index is 0.197. The lowest BCUT2D eigenvalue weighted by Gasteiger charge is -2.23. The molecule has 0 saturated carbocycles. The molecule has 2 heterocycles. The van der Waals surface area contributed by atoms with Gasteiger partial charge in [-0.3, -0.25) is 15.0 Å². The highest BCUT2D eigenvalue weighted by molar-refractivity contribution is 5.59. The van der Waals surface area contributed by atoms with Gasteiger partial charge in [0.2, 0.25) is 0 Å². The lowest BCUT2D eigenvalue weighted by atomic mass is 10.1. The van der Waals surface area contributed by atoms with E-state index in [1.807, 2.05) is 30.3 Å². The first-order valence-electron chi connectivity index (χ1n) is 7.97. The van der Waals surface area contributed by atoms with E-state index < -0.39 is 0 Å². The summed E-state index contributed by atoms with van der Waals surface area (Å²) >= 11 is 0.